The van der Waals surface area contributed by atoms with Gasteiger partial charge in [-0.1, -0.05) is 12.1 Å². The molecular weight excluding hydrogens is 548 g/mol. The van der Waals surface area contributed by atoms with Crippen LogP contribution in [0.15, 0.2) is 42.2 Å². The Bertz CT molecular complexity index is 1300. The molecule has 0 fully saturated rings. The normalized spacial score (nSPS) is 11.4. The fourth-order valence-corrected chi connectivity index (χ4v) is 3.56. The minimum atomic E-state index is -0.985. The summed E-state index contributed by atoms with van der Waals surface area (Å²) in [6, 6.07) is 14.0. The number of allylic oxidation sites excluding steroid dienone is 1. The average Bonchev–Trinajstić information content (AvgIpc) is 3.01. The number of methoxy groups -OCH3 is 4. The molecule has 0 saturated heterocycles. The number of nitrogens with zero attached hydrogens (tertiary/aromatic N) is 2. The number of esters is 2. The van der Waals surface area contributed by atoms with Crippen LogP contribution in [0.4, 0.5) is 0 Å². The highest BCUT2D eigenvalue weighted by Crippen LogP contribution is 2.29. The van der Waals surface area contributed by atoms with Gasteiger partial charge in [0, 0.05) is 0 Å². The maximum Gasteiger partial charge on any atom is 0.323 e. The second-order valence-electron chi connectivity index (χ2n) is 8.43. The standard InChI is InChI=1S/C30H34N2O10/c1-35-25-7-5-21(17-27(25)37-3)15-23(19-31)30(34)41-14-13-40-12-11-39-10-9-29(33)42-24(20-32)16-22-6-8-26(36-2)28(18-22)38-4/h5-8,16-18,23H,9-15H2,1-4H3/b24-16-. The fraction of sp³-hybridized carbons (Fsp3) is 0.400. The van der Waals surface area contributed by atoms with Crippen molar-refractivity contribution in [1.29, 1.82) is 10.5 Å². The van der Waals surface area contributed by atoms with E-state index in [1.807, 2.05) is 12.1 Å². The fourth-order valence-electron chi connectivity index (χ4n) is 3.56. The molecule has 2 aromatic rings. The Hall–Kier alpha value is -4.78. The Morgan fingerprint density at radius 2 is 1.38 bits per heavy atom. The van der Waals surface area contributed by atoms with E-state index in [1.165, 1.54) is 34.5 Å². The third-order valence-corrected chi connectivity index (χ3v) is 5.66. The first-order chi connectivity index (χ1) is 20.4. The van der Waals surface area contributed by atoms with E-state index in [-0.39, 0.29) is 51.6 Å². The molecule has 0 amide bonds. The highest BCUT2D eigenvalue weighted by atomic mass is 16.6. The first kappa shape index (κ1) is 33.4. The number of carbonyl (C=O) groups is 2. The van der Waals surface area contributed by atoms with Gasteiger partial charge in [0.15, 0.2) is 23.0 Å². The summed E-state index contributed by atoms with van der Waals surface area (Å²) in [5.74, 6) is -0.384. The Kier molecular flexibility index (Phi) is 14.8. The van der Waals surface area contributed by atoms with Crippen LogP contribution in [0.1, 0.15) is 17.5 Å². The van der Waals surface area contributed by atoms with Crippen LogP contribution in [-0.2, 0) is 35.0 Å². The Balaban J connectivity index is 1.62. The van der Waals surface area contributed by atoms with Gasteiger partial charge >= 0.3 is 11.9 Å². The van der Waals surface area contributed by atoms with E-state index in [9.17, 15) is 20.1 Å². The van der Waals surface area contributed by atoms with Crippen molar-refractivity contribution in [1.82, 2.24) is 0 Å². The van der Waals surface area contributed by atoms with Crippen molar-refractivity contribution in [3.63, 3.8) is 0 Å². The van der Waals surface area contributed by atoms with E-state index >= 15 is 0 Å². The van der Waals surface area contributed by atoms with Gasteiger partial charge in [0.05, 0.1) is 67.4 Å². The lowest BCUT2D eigenvalue weighted by molar-refractivity contribution is -0.148. The average molecular weight is 583 g/mol. The highest BCUT2D eigenvalue weighted by Gasteiger charge is 2.21. The molecule has 0 aromatic heterocycles. The predicted molar refractivity (Wildman–Crippen MR) is 149 cm³/mol. The Morgan fingerprint density at radius 3 is 2.00 bits per heavy atom. The van der Waals surface area contributed by atoms with E-state index in [0.717, 1.165) is 5.56 Å². The van der Waals surface area contributed by atoms with Crippen molar-refractivity contribution < 1.29 is 47.5 Å². The summed E-state index contributed by atoms with van der Waals surface area (Å²) in [4.78, 5) is 24.4. The van der Waals surface area contributed by atoms with Gasteiger partial charge in [0.1, 0.15) is 18.6 Å². The zero-order valence-corrected chi connectivity index (χ0v) is 24.0. The Labute approximate surface area is 244 Å². The number of benzene rings is 2. The lowest BCUT2D eigenvalue weighted by Gasteiger charge is -2.12. The van der Waals surface area contributed by atoms with E-state index in [4.69, 9.17) is 37.9 Å². The van der Waals surface area contributed by atoms with Crippen LogP contribution in [0, 0.1) is 28.6 Å². The summed E-state index contributed by atoms with van der Waals surface area (Å²) >= 11 is 0. The Morgan fingerprint density at radius 1 is 0.786 bits per heavy atom. The van der Waals surface area contributed by atoms with Crippen molar-refractivity contribution in [2.75, 3.05) is 61.5 Å². The third kappa shape index (κ3) is 11.0. The molecule has 42 heavy (non-hydrogen) atoms. The number of hydrogen-bond acceptors (Lipinski definition) is 12. The number of ether oxygens (including phenoxy) is 8. The van der Waals surface area contributed by atoms with Gasteiger partial charge in [-0.25, -0.2) is 0 Å². The second kappa shape index (κ2) is 18.5. The smallest absolute Gasteiger partial charge is 0.323 e. The largest absolute Gasteiger partial charge is 0.493 e. The summed E-state index contributed by atoms with van der Waals surface area (Å²) in [5.41, 5.74) is 1.32. The van der Waals surface area contributed by atoms with E-state index in [1.54, 1.807) is 36.4 Å². The van der Waals surface area contributed by atoms with Crippen LogP contribution < -0.4 is 18.9 Å². The van der Waals surface area contributed by atoms with Gasteiger partial charge in [0.2, 0.25) is 5.76 Å². The molecule has 1 atom stereocenters. The van der Waals surface area contributed by atoms with Crippen LogP contribution in [0.3, 0.4) is 0 Å². The molecule has 12 heteroatoms. The molecular formula is C30H34N2O10. The zero-order chi connectivity index (χ0) is 30.7. The van der Waals surface area contributed by atoms with Crippen LogP contribution in [0.5, 0.6) is 23.0 Å². The molecule has 0 radical (unpaired) electrons. The first-order valence-corrected chi connectivity index (χ1v) is 12.9. The molecule has 0 bridgehead atoms. The number of rotatable bonds is 18. The molecule has 12 nitrogen and oxygen atoms in total. The van der Waals surface area contributed by atoms with Gasteiger partial charge in [-0.15, -0.1) is 0 Å². The molecule has 0 N–H and O–H groups in total. The molecule has 0 aliphatic carbocycles. The second-order valence-corrected chi connectivity index (χ2v) is 8.43. The van der Waals surface area contributed by atoms with Crippen LogP contribution in [-0.4, -0.2) is 73.4 Å². The molecule has 224 valence electrons. The van der Waals surface area contributed by atoms with E-state index in [2.05, 4.69) is 0 Å². The number of carbonyl (C=O) groups excluding carboxylic acids is 2. The lowest BCUT2D eigenvalue weighted by Crippen LogP contribution is -2.21. The zero-order valence-electron chi connectivity index (χ0n) is 24.0. The van der Waals surface area contributed by atoms with Crippen LogP contribution in [0.2, 0.25) is 0 Å². The first-order valence-electron chi connectivity index (χ1n) is 12.9. The van der Waals surface area contributed by atoms with Gasteiger partial charge in [-0.2, -0.15) is 10.5 Å². The van der Waals surface area contributed by atoms with Gasteiger partial charge in [0.25, 0.3) is 0 Å². The molecule has 0 aliphatic heterocycles. The van der Waals surface area contributed by atoms with E-state index in [0.29, 0.717) is 28.6 Å². The topological polar surface area (TPSA) is 156 Å². The minimum absolute atomic E-state index is 0.0292. The molecule has 1 unspecified atom stereocenters. The highest BCUT2D eigenvalue weighted by molar-refractivity contribution is 5.75. The quantitative estimate of drug-likeness (QED) is 0.109. The van der Waals surface area contributed by atoms with Crippen molar-refractivity contribution in [3.8, 4) is 35.1 Å². The van der Waals surface area contributed by atoms with E-state index < -0.39 is 17.9 Å². The summed E-state index contributed by atoms with van der Waals surface area (Å²) in [6.45, 7) is 0.527. The lowest BCUT2D eigenvalue weighted by atomic mass is 10.0. The van der Waals surface area contributed by atoms with Crippen molar-refractivity contribution in [3.05, 3.63) is 53.3 Å². The van der Waals surface area contributed by atoms with Crippen molar-refractivity contribution in [2.45, 2.75) is 12.8 Å². The third-order valence-electron chi connectivity index (χ3n) is 5.66. The van der Waals surface area contributed by atoms with Gasteiger partial charge < -0.3 is 37.9 Å². The predicted octanol–water partition coefficient (Wildman–Crippen LogP) is 3.48. The van der Waals surface area contributed by atoms with Crippen LogP contribution in [0.25, 0.3) is 6.08 Å². The molecule has 2 aromatic carbocycles. The molecule has 0 aliphatic rings. The monoisotopic (exact) mass is 582 g/mol. The maximum atomic E-state index is 12.3. The van der Waals surface area contributed by atoms with Gasteiger partial charge in [-0.05, 0) is 47.9 Å². The summed E-state index contributed by atoms with van der Waals surface area (Å²) in [7, 11) is 6.03. The van der Waals surface area contributed by atoms with Crippen molar-refractivity contribution >= 4 is 18.0 Å². The van der Waals surface area contributed by atoms with Crippen molar-refractivity contribution in [2.24, 2.45) is 5.92 Å². The SMILES string of the molecule is COc1ccc(/C=C(/C#N)OC(=O)CCOCCOCCOC(=O)C(C#N)Cc2ccc(OC)c(OC)c2)cc1OC. The summed E-state index contributed by atoms with van der Waals surface area (Å²) < 4.78 is 41.8. The minimum Gasteiger partial charge on any atom is -0.493 e. The summed E-state index contributed by atoms with van der Waals surface area (Å²) in [6.07, 6.45) is 1.50. The number of hydrogen-bond donors (Lipinski definition) is 0. The molecule has 0 saturated carbocycles. The molecule has 0 heterocycles. The van der Waals surface area contributed by atoms with Gasteiger partial charge in [-0.3, -0.25) is 9.59 Å². The number of nitriles is 2. The molecule has 2 rings (SSSR count). The molecule has 0 spiro atoms. The maximum absolute atomic E-state index is 12.3. The van der Waals surface area contributed by atoms with Crippen LogP contribution >= 0.6 is 0 Å². The summed E-state index contributed by atoms with van der Waals surface area (Å²) in [5, 5.41) is 18.7.